The Kier molecular flexibility index (Phi) is 7.14. The van der Waals surface area contributed by atoms with E-state index in [1.807, 2.05) is 0 Å². The van der Waals surface area contributed by atoms with E-state index < -0.39 is 17.9 Å². The number of halogens is 1. The molecule has 0 heterocycles. The van der Waals surface area contributed by atoms with Crippen molar-refractivity contribution >= 4 is 0 Å². The molecule has 3 aliphatic rings. The van der Waals surface area contributed by atoms with Crippen molar-refractivity contribution in [2.24, 2.45) is 17.3 Å². The van der Waals surface area contributed by atoms with Crippen molar-refractivity contribution in [2.75, 3.05) is 0 Å². The topological polar surface area (TPSA) is 40.5 Å². The molecule has 0 spiro atoms. The van der Waals surface area contributed by atoms with E-state index in [2.05, 4.69) is 32.2 Å². The summed E-state index contributed by atoms with van der Waals surface area (Å²) < 4.78 is 15.3. The highest BCUT2D eigenvalue weighted by Gasteiger charge is 2.51. The van der Waals surface area contributed by atoms with Crippen molar-refractivity contribution < 1.29 is 14.6 Å². The maximum absolute atomic E-state index is 15.3. The van der Waals surface area contributed by atoms with Crippen molar-refractivity contribution in [2.45, 2.75) is 103 Å². The van der Waals surface area contributed by atoms with E-state index in [1.54, 1.807) is 13.8 Å². The van der Waals surface area contributed by atoms with Crippen molar-refractivity contribution in [1.82, 2.24) is 0 Å². The van der Waals surface area contributed by atoms with Crippen molar-refractivity contribution in [3.63, 3.8) is 0 Å². The summed E-state index contributed by atoms with van der Waals surface area (Å²) in [4.78, 5) is 0. The van der Waals surface area contributed by atoms with E-state index in [-0.39, 0.29) is 11.3 Å². The first-order chi connectivity index (χ1) is 14.0. The van der Waals surface area contributed by atoms with E-state index in [4.69, 9.17) is 0 Å². The Bertz CT molecular complexity index is 726. The van der Waals surface area contributed by atoms with Gasteiger partial charge in [-0.25, -0.2) is 4.39 Å². The Morgan fingerprint density at radius 2 is 2.00 bits per heavy atom. The van der Waals surface area contributed by atoms with Gasteiger partial charge in [-0.2, -0.15) is 0 Å². The van der Waals surface area contributed by atoms with Crippen LogP contribution in [0.15, 0.2) is 47.6 Å². The van der Waals surface area contributed by atoms with Gasteiger partial charge < -0.3 is 10.2 Å². The SMILES string of the molecule is C=C1CC(=C)[C@H](O)C/C1=C/C=C1\CCC[C@]2(C)[C@@H]([C@H](F)CCCC(C)(C)O)CC[C@@H]12. The minimum Gasteiger partial charge on any atom is -0.390 e. The number of alkyl halides is 1. The van der Waals surface area contributed by atoms with Crippen LogP contribution in [-0.4, -0.2) is 28.1 Å². The minimum atomic E-state index is -0.778. The molecule has 0 bridgehead atoms. The first-order valence-electron chi connectivity index (χ1n) is 11.8. The molecule has 0 aliphatic heterocycles. The standard InChI is InChI=1S/C27H41FO2/c1-18-16-19(2)25(29)17-21(18)11-10-20-8-6-15-27(5)22(20)12-13-23(27)24(28)9-7-14-26(3,4)30/h10-11,22-25,29-30H,1-2,6-9,12-17H2,3-5H3/b20-10+,21-11-/t22-,23+,24+,25+,27-/m0/s1. The second-order valence-electron chi connectivity index (χ2n) is 10.9. The fraction of sp³-hybridized carbons (Fsp3) is 0.704. The predicted molar refractivity (Wildman–Crippen MR) is 123 cm³/mol. The zero-order valence-corrected chi connectivity index (χ0v) is 19.2. The molecule has 0 radical (unpaired) electrons. The van der Waals surface area contributed by atoms with Crippen molar-refractivity contribution in [1.29, 1.82) is 0 Å². The molecule has 2 N–H and O–H groups in total. The fourth-order valence-electron chi connectivity index (χ4n) is 6.20. The lowest BCUT2D eigenvalue weighted by Gasteiger charge is -2.43. The van der Waals surface area contributed by atoms with Crippen LogP contribution in [-0.2, 0) is 0 Å². The maximum Gasteiger partial charge on any atom is 0.103 e. The molecule has 0 unspecified atom stereocenters. The summed E-state index contributed by atoms with van der Waals surface area (Å²) in [6, 6.07) is 0. The van der Waals surface area contributed by atoms with Gasteiger partial charge in [0.05, 0.1) is 11.7 Å². The Balaban J connectivity index is 1.69. The van der Waals surface area contributed by atoms with Gasteiger partial charge in [-0.05, 0) is 106 Å². The molecule has 3 aliphatic carbocycles. The molecular weight excluding hydrogens is 375 g/mol. The number of aliphatic hydroxyl groups is 2. The van der Waals surface area contributed by atoms with Crippen molar-refractivity contribution in [3.8, 4) is 0 Å². The van der Waals surface area contributed by atoms with E-state index in [0.717, 1.165) is 55.2 Å². The van der Waals surface area contributed by atoms with Crippen molar-refractivity contribution in [3.05, 3.63) is 47.6 Å². The second-order valence-corrected chi connectivity index (χ2v) is 10.9. The predicted octanol–water partition coefficient (Wildman–Crippen LogP) is 6.60. The van der Waals surface area contributed by atoms with Gasteiger partial charge in [0.25, 0.3) is 0 Å². The van der Waals surface area contributed by atoms with Gasteiger partial charge >= 0.3 is 0 Å². The van der Waals surface area contributed by atoms with Gasteiger partial charge in [-0.1, -0.05) is 37.8 Å². The first-order valence-corrected chi connectivity index (χ1v) is 11.8. The molecule has 3 heteroatoms. The number of fused-ring (bicyclic) bond motifs is 1. The summed E-state index contributed by atoms with van der Waals surface area (Å²) in [5, 5.41) is 20.1. The lowest BCUT2D eigenvalue weighted by atomic mass is 9.62. The number of hydrogen-bond donors (Lipinski definition) is 2. The number of aliphatic hydroxyl groups excluding tert-OH is 1. The molecule has 5 atom stereocenters. The molecule has 3 fully saturated rings. The van der Waals surface area contributed by atoms with Crippen LogP contribution in [0.2, 0.25) is 0 Å². The summed E-state index contributed by atoms with van der Waals surface area (Å²) in [5.41, 5.74) is 3.81. The third kappa shape index (κ3) is 5.16. The third-order valence-corrected chi connectivity index (χ3v) is 8.02. The van der Waals surface area contributed by atoms with Crippen LogP contribution in [0.25, 0.3) is 0 Å². The summed E-state index contributed by atoms with van der Waals surface area (Å²) in [6.07, 6.45) is 11.7. The average Bonchev–Trinajstić information content (AvgIpc) is 3.00. The number of allylic oxidation sites excluding steroid dienone is 4. The molecule has 2 nitrogen and oxygen atoms in total. The molecule has 3 saturated carbocycles. The van der Waals surface area contributed by atoms with Crippen LogP contribution >= 0.6 is 0 Å². The lowest BCUT2D eigenvalue weighted by molar-refractivity contribution is 0.0474. The summed E-state index contributed by atoms with van der Waals surface area (Å²) in [6.45, 7) is 14.0. The summed E-state index contributed by atoms with van der Waals surface area (Å²) in [5.74, 6) is 0.577. The molecule has 0 aromatic carbocycles. The molecule has 30 heavy (non-hydrogen) atoms. The Morgan fingerprint density at radius 3 is 2.70 bits per heavy atom. The van der Waals surface area contributed by atoms with Gasteiger partial charge in [0.15, 0.2) is 0 Å². The monoisotopic (exact) mass is 416 g/mol. The fourth-order valence-corrected chi connectivity index (χ4v) is 6.20. The molecule has 0 saturated heterocycles. The first kappa shape index (κ1) is 23.5. The normalized spacial score (nSPS) is 36.4. The van der Waals surface area contributed by atoms with Crippen LogP contribution in [0.3, 0.4) is 0 Å². The maximum atomic E-state index is 15.3. The van der Waals surface area contributed by atoms with Gasteiger partial charge in [-0.15, -0.1) is 0 Å². The lowest BCUT2D eigenvalue weighted by Crippen LogP contribution is -2.37. The van der Waals surface area contributed by atoms with Gasteiger partial charge in [-0.3, -0.25) is 0 Å². The highest BCUT2D eigenvalue weighted by atomic mass is 19.1. The molecule has 0 amide bonds. The van der Waals surface area contributed by atoms with E-state index in [9.17, 15) is 10.2 Å². The highest BCUT2D eigenvalue weighted by Crippen LogP contribution is 2.59. The number of hydrogen-bond acceptors (Lipinski definition) is 2. The van der Waals surface area contributed by atoms with Crippen LogP contribution in [0.4, 0.5) is 4.39 Å². The Morgan fingerprint density at radius 1 is 1.27 bits per heavy atom. The Labute approximate surface area is 182 Å². The molecule has 3 rings (SSSR count). The zero-order chi connectivity index (χ0) is 22.1. The Hall–Kier alpha value is -1.19. The smallest absolute Gasteiger partial charge is 0.103 e. The molecule has 0 aromatic heterocycles. The van der Waals surface area contributed by atoms with E-state index >= 15 is 4.39 Å². The minimum absolute atomic E-state index is 0.0358. The zero-order valence-electron chi connectivity index (χ0n) is 19.2. The molecule has 0 aromatic rings. The summed E-state index contributed by atoms with van der Waals surface area (Å²) >= 11 is 0. The van der Waals surface area contributed by atoms with E-state index in [1.165, 1.54) is 5.57 Å². The van der Waals surface area contributed by atoms with Crippen LogP contribution in [0.5, 0.6) is 0 Å². The van der Waals surface area contributed by atoms with E-state index in [0.29, 0.717) is 31.6 Å². The highest BCUT2D eigenvalue weighted by molar-refractivity contribution is 5.41. The summed E-state index contributed by atoms with van der Waals surface area (Å²) in [7, 11) is 0. The molecule has 168 valence electrons. The quantitative estimate of drug-likeness (QED) is 0.479. The van der Waals surface area contributed by atoms with Crippen LogP contribution in [0, 0.1) is 17.3 Å². The van der Waals surface area contributed by atoms with Crippen LogP contribution < -0.4 is 0 Å². The molecular formula is C27H41FO2. The second kappa shape index (κ2) is 9.12. The third-order valence-electron chi connectivity index (χ3n) is 8.02. The van der Waals surface area contributed by atoms with Gasteiger partial charge in [0, 0.05) is 6.42 Å². The number of rotatable bonds is 6. The van der Waals surface area contributed by atoms with Gasteiger partial charge in [0.1, 0.15) is 6.17 Å². The average molecular weight is 417 g/mol. The van der Waals surface area contributed by atoms with Gasteiger partial charge in [0.2, 0.25) is 0 Å². The van der Waals surface area contributed by atoms with Crippen LogP contribution in [0.1, 0.15) is 85.0 Å². The largest absolute Gasteiger partial charge is 0.390 e.